The van der Waals surface area contributed by atoms with Gasteiger partial charge < -0.3 is 43.2 Å². The zero-order chi connectivity index (χ0) is 22.9. The second kappa shape index (κ2) is 31.1. The van der Waals surface area contributed by atoms with E-state index < -0.39 is 13.4 Å². The number of unbranched alkanes of at least 4 members (excludes halogenated alkanes) is 6. The van der Waals surface area contributed by atoms with Gasteiger partial charge in [0.05, 0.1) is 0 Å². The Morgan fingerprint density at radius 2 is 0.966 bits per heavy atom. The molecule has 0 aliphatic carbocycles. The summed E-state index contributed by atoms with van der Waals surface area (Å²) in [6.07, 6.45) is 10.1. The third kappa shape index (κ3) is 126. The molecule has 0 aliphatic heterocycles. The summed E-state index contributed by atoms with van der Waals surface area (Å²) in [5.74, 6) is 0. The van der Waals surface area contributed by atoms with Crippen molar-refractivity contribution in [2.75, 3.05) is 0 Å². The molecule has 0 radical (unpaired) electrons. The first-order valence-electron chi connectivity index (χ1n) is 8.89. The van der Waals surface area contributed by atoms with E-state index >= 15 is 0 Å². The molecule has 11 heteroatoms. The maximum absolute atomic E-state index is 7.56. The van der Waals surface area contributed by atoms with Crippen LogP contribution < -0.4 is 0 Å². The van der Waals surface area contributed by atoms with Gasteiger partial charge in [0.15, 0.2) is 0 Å². The molecule has 29 heavy (non-hydrogen) atoms. The molecule has 0 bridgehead atoms. The average molecular weight is 541 g/mol. The van der Waals surface area contributed by atoms with Gasteiger partial charge in [0.2, 0.25) is 0 Å². The van der Waals surface area contributed by atoms with Crippen LogP contribution in [0.3, 0.4) is 0 Å². The van der Waals surface area contributed by atoms with E-state index in [9.17, 15) is 0 Å². The van der Waals surface area contributed by atoms with Crippen LogP contribution in [-0.4, -0.2) is 29.4 Å². The van der Waals surface area contributed by atoms with Crippen molar-refractivity contribution in [3.05, 3.63) is 50.2 Å². The molecular weight excluding hydrogens is 504 g/mol. The van der Waals surface area contributed by atoms with Gasteiger partial charge in [0.25, 0.3) is 0 Å². The van der Waals surface area contributed by atoms with Gasteiger partial charge in [-0.15, -0.1) is 0 Å². The molecule has 0 aliphatic rings. The molecule has 0 unspecified atom stereocenters. The maximum Gasteiger partial charge on any atom is 0.319 e. The minimum absolute atomic E-state index is 0. The van der Waals surface area contributed by atoms with E-state index in [1.165, 1.54) is 38.5 Å². The Bertz CT molecular complexity index is 393. The van der Waals surface area contributed by atoms with Gasteiger partial charge in [-0.2, -0.15) is 49.2 Å². The molecule has 0 amide bonds. The minimum Gasteiger partial charge on any atom is -0.343 e. The second-order valence-electron chi connectivity index (χ2n) is 5.23. The smallest absolute Gasteiger partial charge is 0.319 e. The number of hydrogen-bond acceptors (Lipinski definition) is 2. The SMILES string of the molecule is OP(O)(O)=S.OP(O)(O)=S.[CH2-]CCCCC.[CH2-]CCCCC.[Zn].[c-]1ccccc1. The van der Waals surface area contributed by atoms with Crippen LogP contribution in [0.15, 0.2) is 30.3 Å². The van der Waals surface area contributed by atoms with Crippen LogP contribution in [0.4, 0.5) is 0 Å². The molecule has 0 heterocycles. The zero-order valence-corrected chi connectivity index (χ0v) is 23.9. The van der Waals surface area contributed by atoms with E-state index in [4.69, 9.17) is 29.4 Å². The van der Waals surface area contributed by atoms with Gasteiger partial charge in [-0.25, -0.2) is 0 Å². The van der Waals surface area contributed by atoms with Crippen LogP contribution in [0.2, 0.25) is 0 Å². The minimum atomic E-state index is -3.81. The summed E-state index contributed by atoms with van der Waals surface area (Å²) in [5.41, 5.74) is 0. The number of hydrogen-bond donors (Lipinski definition) is 6. The normalized spacial score (nSPS) is 9.45. The molecule has 6 N–H and O–H groups in total. The summed E-state index contributed by atoms with van der Waals surface area (Å²) < 4.78 is 0. The van der Waals surface area contributed by atoms with E-state index in [1.54, 1.807) is 0 Å². The van der Waals surface area contributed by atoms with Gasteiger partial charge in [-0.1, -0.05) is 52.4 Å². The summed E-state index contributed by atoms with van der Waals surface area (Å²) in [7, 11) is 0. The molecule has 0 saturated heterocycles. The van der Waals surface area contributed by atoms with Crippen LogP contribution in [0, 0.1) is 19.9 Å². The van der Waals surface area contributed by atoms with Gasteiger partial charge in [-0.3, -0.25) is 0 Å². The van der Waals surface area contributed by atoms with Crippen LogP contribution in [0.1, 0.15) is 65.2 Å². The Kier molecular flexibility index (Phi) is 43.2. The monoisotopic (exact) mass is 539 g/mol. The van der Waals surface area contributed by atoms with Crippen molar-refractivity contribution in [3.8, 4) is 0 Å². The molecule has 0 spiro atoms. The van der Waals surface area contributed by atoms with Crippen LogP contribution in [0.5, 0.6) is 0 Å². The van der Waals surface area contributed by atoms with Crippen molar-refractivity contribution < 1.29 is 48.8 Å². The van der Waals surface area contributed by atoms with Crippen molar-refractivity contribution in [2.24, 2.45) is 0 Å². The summed E-state index contributed by atoms with van der Waals surface area (Å²) in [4.78, 5) is 45.3. The largest absolute Gasteiger partial charge is 0.343 e. The third-order valence-corrected chi connectivity index (χ3v) is 2.31. The van der Waals surface area contributed by atoms with E-state index in [1.807, 2.05) is 30.3 Å². The number of benzene rings is 1. The average Bonchev–Trinajstić information content (AvgIpc) is 2.58. The zero-order valence-electron chi connectivity index (χ0n) is 17.6. The Hall–Kier alpha value is 0.903. The Labute approximate surface area is 200 Å². The third-order valence-electron chi connectivity index (χ3n) is 2.31. The first-order chi connectivity index (χ1) is 12.8. The predicted molar refractivity (Wildman–Crippen MR) is 126 cm³/mol. The standard InChI is InChI=1S/C6H5.2C6H13.2H3O3PS.Zn/c1-2-4-6-5-3-1;2*1-3-5-6-4-2;2*1-4(2,3)5;/h1-5H;2*1,3-6H2,2H3;2*(H3,1,2,3,5);/q3*-1;;;. The van der Waals surface area contributed by atoms with Gasteiger partial charge in [-0.05, 0) is 23.6 Å². The van der Waals surface area contributed by atoms with Crippen LogP contribution in [0.25, 0.3) is 0 Å². The summed E-state index contributed by atoms with van der Waals surface area (Å²) >= 11 is 7.21. The summed E-state index contributed by atoms with van der Waals surface area (Å²) in [5, 5.41) is 0. The fourth-order valence-corrected chi connectivity index (χ4v) is 1.20. The van der Waals surface area contributed by atoms with Crippen molar-refractivity contribution in [1.82, 2.24) is 0 Å². The van der Waals surface area contributed by atoms with Crippen molar-refractivity contribution in [1.29, 1.82) is 0 Å². The number of rotatable bonds is 6. The quantitative estimate of drug-likeness (QED) is 0.133. The molecular formula is C18H37O6P2S2Zn-3. The fourth-order valence-electron chi connectivity index (χ4n) is 1.20. The van der Waals surface area contributed by atoms with E-state index in [0.29, 0.717) is 0 Å². The van der Waals surface area contributed by atoms with Crippen LogP contribution in [-0.2, 0) is 43.1 Å². The van der Waals surface area contributed by atoms with E-state index in [2.05, 4.69) is 57.4 Å². The molecule has 0 aromatic heterocycles. The molecule has 1 aromatic carbocycles. The molecule has 172 valence electrons. The molecule has 0 atom stereocenters. The van der Waals surface area contributed by atoms with Crippen molar-refractivity contribution in [3.63, 3.8) is 0 Å². The van der Waals surface area contributed by atoms with Gasteiger partial charge in [0, 0.05) is 19.5 Å². The first kappa shape index (κ1) is 40.3. The molecule has 1 rings (SSSR count). The van der Waals surface area contributed by atoms with Crippen LogP contribution >= 0.6 is 13.4 Å². The van der Waals surface area contributed by atoms with Crippen molar-refractivity contribution >= 4 is 37.1 Å². The Morgan fingerprint density at radius 1 is 0.690 bits per heavy atom. The maximum atomic E-state index is 7.56. The van der Waals surface area contributed by atoms with Gasteiger partial charge >= 0.3 is 13.4 Å². The summed E-state index contributed by atoms with van der Waals surface area (Å²) in [6.45, 7) is 4.24. The fraction of sp³-hybridized carbons (Fsp3) is 0.556. The molecule has 6 nitrogen and oxygen atoms in total. The van der Waals surface area contributed by atoms with E-state index in [0.717, 1.165) is 12.8 Å². The first-order valence-corrected chi connectivity index (χ1v) is 14.2. The van der Waals surface area contributed by atoms with Crippen molar-refractivity contribution in [2.45, 2.75) is 65.2 Å². The molecule has 0 saturated carbocycles. The topological polar surface area (TPSA) is 121 Å². The van der Waals surface area contributed by atoms with Gasteiger partial charge in [0.1, 0.15) is 0 Å². The molecule has 1 aromatic rings. The predicted octanol–water partition coefficient (Wildman–Crippen LogP) is 4.66. The second-order valence-corrected chi connectivity index (χ2v) is 10.2. The Balaban J connectivity index is -0.0000000823. The molecule has 0 fully saturated rings. The summed E-state index contributed by atoms with van der Waals surface area (Å²) in [6, 6.07) is 12.5. The van der Waals surface area contributed by atoms with E-state index in [-0.39, 0.29) is 19.5 Å². The Morgan fingerprint density at radius 3 is 1.03 bits per heavy atom.